The molecule has 17 heavy (non-hydrogen) atoms. The number of furan rings is 1. The average molecular weight is 226 g/mol. The lowest BCUT2D eigenvalue weighted by molar-refractivity contribution is 0.490. The van der Waals surface area contributed by atoms with E-state index in [1.54, 1.807) is 0 Å². The second-order valence-corrected chi connectivity index (χ2v) is 4.03. The van der Waals surface area contributed by atoms with Crippen molar-refractivity contribution in [1.82, 2.24) is 0 Å². The van der Waals surface area contributed by atoms with Crippen molar-refractivity contribution in [3.05, 3.63) is 53.0 Å². The number of rotatable bonds is 3. The van der Waals surface area contributed by atoms with Crippen LogP contribution in [0.5, 0.6) is 0 Å². The van der Waals surface area contributed by atoms with Crippen LogP contribution in [-0.2, 0) is 6.54 Å². The smallest absolute Gasteiger partial charge is 0.123 e. The van der Waals surface area contributed by atoms with E-state index in [1.807, 2.05) is 44.2 Å². The summed E-state index contributed by atoms with van der Waals surface area (Å²) < 4.78 is 5.46. The van der Waals surface area contributed by atoms with Gasteiger partial charge >= 0.3 is 0 Å². The summed E-state index contributed by atoms with van der Waals surface area (Å²) in [7, 11) is 0. The van der Waals surface area contributed by atoms with Crippen molar-refractivity contribution in [1.29, 1.82) is 5.26 Å². The van der Waals surface area contributed by atoms with Crippen LogP contribution in [0.2, 0.25) is 0 Å². The molecule has 0 aliphatic heterocycles. The maximum Gasteiger partial charge on any atom is 0.123 e. The van der Waals surface area contributed by atoms with Crippen molar-refractivity contribution in [2.75, 3.05) is 5.32 Å². The minimum Gasteiger partial charge on any atom is -0.465 e. The number of hydrogen-bond donors (Lipinski definition) is 1. The fourth-order valence-corrected chi connectivity index (χ4v) is 1.66. The van der Waals surface area contributed by atoms with Gasteiger partial charge in [-0.25, -0.2) is 0 Å². The molecule has 0 unspecified atom stereocenters. The van der Waals surface area contributed by atoms with Crippen molar-refractivity contribution >= 4 is 5.69 Å². The van der Waals surface area contributed by atoms with E-state index in [2.05, 4.69) is 11.4 Å². The molecule has 1 aromatic heterocycles. The summed E-state index contributed by atoms with van der Waals surface area (Å²) in [4.78, 5) is 0. The normalized spacial score (nSPS) is 9.94. The molecule has 2 aromatic rings. The van der Waals surface area contributed by atoms with Gasteiger partial charge in [0.1, 0.15) is 17.6 Å². The van der Waals surface area contributed by atoms with Crippen LogP contribution >= 0.6 is 0 Å². The predicted molar refractivity (Wildman–Crippen MR) is 66.7 cm³/mol. The van der Waals surface area contributed by atoms with Crippen LogP contribution < -0.4 is 5.32 Å². The van der Waals surface area contributed by atoms with Gasteiger partial charge in [0, 0.05) is 0 Å². The zero-order chi connectivity index (χ0) is 12.3. The molecule has 0 amide bonds. The first kappa shape index (κ1) is 11.3. The average Bonchev–Trinajstić information content (AvgIpc) is 2.73. The third-order valence-corrected chi connectivity index (χ3v) is 2.54. The Morgan fingerprint density at radius 2 is 2.06 bits per heavy atom. The van der Waals surface area contributed by atoms with Gasteiger partial charge in [-0.3, -0.25) is 0 Å². The summed E-state index contributed by atoms with van der Waals surface area (Å²) in [5.74, 6) is 1.76. The molecule has 1 N–H and O–H groups in total. The van der Waals surface area contributed by atoms with Crippen molar-refractivity contribution in [2.45, 2.75) is 20.4 Å². The number of aryl methyl sites for hydroxylation is 2. The van der Waals surface area contributed by atoms with Crippen molar-refractivity contribution in [3.63, 3.8) is 0 Å². The lowest BCUT2D eigenvalue weighted by Crippen LogP contribution is -2.00. The minimum absolute atomic E-state index is 0.589. The molecule has 1 aromatic carbocycles. The molecule has 0 aliphatic rings. The van der Waals surface area contributed by atoms with Gasteiger partial charge in [-0.1, -0.05) is 6.07 Å². The van der Waals surface area contributed by atoms with Crippen LogP contribution in [0.15, 0.2) is 34.7 Å². The minimum atomic E-state index is 0.589. The molecule has 0 saturated heterocycles. The molecular weight excluding hydrogens is 212 g/mol. The topological polar surface area (TPSA) is 49.0 Å². The molecule has 0 saturated carbocycles. The number of nitrogens with one attached hydrogen (secondary N) is 1. The summed E-state index contributed by atoms with van der Waals surface area (Å²) >= 11 is 0. The van der Waals surface area contributed by atoms with Crippen LogP contribution in [0, 0.1) is 25.2 Å². The Labute approximate surface area is 101 Å². The van der Waals surface area contributed by atoms with E-state index in [9.17, 15) is 0 Å². The van der Waals surface area contributed by atoms with Crippen LogP contribution in [0.4, 0.5) is 5.69 Å². The van der Waals surface area contributed by atoms with Crippen LogP contribution in [0.3, 0.4) is 0 Å². The third-order valence-electron chi connectivity index (χ3n) is 2.54. The Morgan fingerprint density at radius 3 is 2.71 bits per heavy atom. The molecular formula is C14H14N2O. The number of anilines is 1. The molecule has 0 radical (unpaired) electrons. The van der Waals surface area contributed by atoms with Gasteiger partial charge in [-0.2, -0.15) is 5.26 Å². The Balaban J connectivity index is 2.13. The fourth-order valence-electron chi connectivity index (χ4n) is 1.66. The number of nitriles is 1. The zero-order valence-electron chi connectivity index (χ0n) is 9.95. The Hall–Kier alpha value is -2.21. The van der Waals surface area contributed by atoms with Crippen LogP contribution in [0.25, 0.3) is 0 Å². The summed E-state index contributed by atoms with van der Waals surface area (Å²) in [5, 5.41) is 12.2. The maximum absolute atomic E-state index is 9.00. The van der Waals surface area contributed by atoms with E-state index in [1.165, 1.54) is 0 Å². The van der Waals surface area contributed by atoms with Crippen molar-refractivity contribution in [3.8, 4) is 6.07 Å². The summed E-state index contributed by atoms with van der Waals surface area (Å²) in [6.45, 7) is 4.51. The second-order valence-electron chi connectivity index (χ2n) is 4.03. The molecule has 0 spiro atoms. The molecule has 86 valence electrons. The molecule has 2 rings (SSSR count). The van der Waals surface area contributed by atoms with E-state index in [0.717, 1.165) is 22.8 Å². The van der Waals surface area contributed by atoms with E-state index < -0.39 is 0 Å². The fraction of sp³-hybridized carbons (Fsp3) is 0.214. The highest BCUT2D eigenvalue weighted by atomic mass is 16.3. The molecule has 1 heterocycles. The zero-order valence-corrected chi connectivity index (χ0v) is 9.95. The van der Waals surface area contributed by atoms with Gasteiger partial charge in [-0.15, -0.1) is 0 Å². The van der Waals surface area contributed by atoms with Crippen molar-refractivity contribution in [2.24, 2.45) is 0 Å². The third kappa shape index (κ3) is 2.67. The van der Waals surface area contributed by atoms with Crippen LogP contribution in [0.1, 0.15) is 22.6 Å². The van der Waals surface area contributed by atoms with Gasteiger partial charge < -0.3 is 9.73 Å². The van der Waals surface area contributed by atoms with Gasteiger partial charge in [0.25, 0.3) is 0 Å². The lowest BCUT2D eigenvalue weighted by atomic mass is 10.1. The highest BCUT2D eigenvalue weighted by Crippen LogP contribution is 2.18. The lowest BCUT2D eigenvalue weighted by Gasteiger charge is -2.07. The van der Waals surface area contributed by atoms with E-state index in [-0.39, 0.29) is 0 Å². The van der Waals surface area contributed by atoms with Gasteiger partial charge in [0.05, 0.1) is 17.8 Å². The number of nitrogens with zero attached hydrogens (tertiary/aromatic N) is 1. The van der Waals surface area contributed by atoms with Gasteiger partial charge in [-0.05, 0) is 43.7 Å². The van der Waals surface area contributed by atoms with E-state index in [4.69, 9.17) is 9.68 Å². The summed E-state index contributed by atoms with van der Waals surface area (Å²) in [6, 6.07) is 11.8. The van der Waals surface area contributed by atoms with Crippen molar-refractivity contribution < 1.29 is 4.42 Å². The maximum atomic E-state index is 9.00. The number of benzene rings is 1. The van der Waals surface area contributed by atoms with E-state index >= 15 is 0 Å². The van der Waals surface area contributed by atoms with Crippen LogP contribution in [-0.4, -0.2) is 0 Å². The van der Waals surface area contributed by atoms with Gasteiger partial charge in [0.15, 0.2) is 0 Å². The molecule has 0 fully saturated rings. The standard InChI is InChI=1S/C14H14N2O/c1-10-3-5-12(8-15)14(7-10)16-9-13-6-4-11(2)17-13/h3-7,16H,9H2,1-2H3. The predicted octanol–water partition coefficient (Wildman–Crippen LogP) is 3.38. The highest BCUT2D eigenvalue weighted by Gasteiger charge is 2.03. The second kappa shape index (κ2) is 4.75. The Morgan fingerprint density at radius 1 is 1.24 bits per heavy atom. The first-order chi connectivity index (χ1) is 8.19. The Bertz CT molecular complexity index is 564. The van der Waals surface area contributed by atoms with E-state index in [0.29, 0.717) is 12.1 Å². The molecule has 0 aliphatic carbocycles. The number of hydrogen-bond acceptors (Lipinski definition) is 3. The largest absolute Gasteiger partial charge is 0.465 e. The molecule has 3 nitrogen and oxygen atoms in total. The Kier molecular flexibility index (Phi) is 3.15. The first-order valence-corrected chi connectivity index (χ1v) is 5.49. The monoisotopic (exact) mass is 226 g/mol. The summed E-state index contributed by atoms with van der Waals surface area (Å²) in [6.07, 6.45) is 0. The molecule has 0 bridgehead atoms. The highest BCUT2D eigenvalue weighted by molar-refractivity contribution is 5.58. The summed E-state index contributed by atoms with van der Waals surface area (Å²) in [5.41, 5.74) is 2.63. The molecule has 0 atom stereocenters. The first-order valence-electron chi connectivity index (χ1n) is 5.49. The van der Waals surface area contributed by atoms with Gasteiger partial charge in [0.2, 0.25) is 0 Å². The molecule has 3 heteroatoms. The quantitative estimate of drug-likeness (QED) is 0.872. The SMILES string of the molecule is Cc1ccc(C#N)c(NCc2ccc(C)o2)c1.